The fourth-order valence-electron chi connectivity index (χ4n) is 3.20. The zero-order chi connectivity index (χ0) is 17.4. The van der Waals surface area contributed by atoms with Crippen LogP contribution >= 0.6 is 0 Å². The molecule has 3 aromatic rings. The molecule has 6 nitrogen and oxygen atoms in total. The Kier molecular flexibility index (Phi) is 3.97. The Bertz CT molecular complexity index is 914. The third-order valence-corrected chi connectivity index (χ3v) is 4.55. The standard InChI is InChI=1S/C19H21N3O3/c1-12-6-7-22-17(9-12)21-18(13-4-5-15(23)16(24)10-13)19(22)20-11-14-3-2-8-25-14/h4-7,9-10,14,20,23-24H,2-3,8,11H2,1H3/t14-/m0/s1. The van der Waals surface area contributed by atoms with Gasteiger partial charge in [-0.25, -0.2) is 4.98 Å². The quantitative estimate of drug-likeness (QED) is 0.636. The molecule has 0 amide bonds. The first-order valence-corrected chi connectivity index (χ1v) is 8.48. The number of imidazole rings is 1. The number of anilines is 1. The van der Waals surface area contributed by atoms with Crippen molar-refractivity contribution in [1.29, 1.82) is 0 Å². The van der Waals surface area contributed by atoms with E-state index in [0.29, 0.717) is 6.54 Å². The van der Waals surface area contributed by atoms with E-state index in [-0.39, 0.29) is 17.6 Å². The molecule has 3 heterocycles. The third-order valence-electron chi connectivity index (χ3n) is 4.55. The van der Waals surface area contributed by atoms with Gasteiger partial charge in [0.25, 0.3) is 0 Å². The fourth-order valence-corrected chi connectivity index (χ4v) is 3.20. The molecule has 4 rings (SSSR count). The minimum atomic E-state index is -0.157. The van der Waals surface area contributed by atoms with Crippen molar-refractivity contribution in [2.45, 2.75) is 25.9 Å². The van der Waals surface area contributed by atoms with Gasteiger partial charge in [-0.1, -0.05) is 0 Å². The summed E-state index contributed by atoms with van der Waals surface area (Å²) in [5.41, 5.74) is 3.44. The van der Waals surface area contributed by atoms with Crippen molar-refractivity contribution in [3.8, 4) is 22.8 Å². The number of nitrogens with zero attached hydrogens (tertiary/aromatic N) is 2. The second-order valence-corrected chi connectivity index (χ2v) is 6.46. The van der Waals surface area contributed by atoms with Crippen molar-refractivity contribution in [3.63, 3.8) is 0 Å². The molecule has 0 spiro atoms. The lowest BCUT2D eigenvalue weighted by Crippen LogP contribution is -2.19. The molecule has 6 heteroatoms. The summed E-state index contributed by atoms with van der Waals surface area (Å²) >= 11 is 0. The molecule has 0 bridgehead atoms. The van der Waals surface area contributed by atoms with Crippen LogP contribution in [0.3, 0.4) is 0 Å². The Morgan fingerprint density at radius 3 is 2.88 bits per heavy atom. The number of aryl methyl sites for hydroxylation is 1. The summed E-state index contributed by atoms with van der Waals surface area (Å²) in [5, 5.41) is 22.9. The van der Waals surface area contributed by atoms with Crippen molar-refractivity contribution in [2.75, 3.05) is 18.5 Å². The zero-order valence-electron chi connectivity index (χ0n) is 14.1. The minimum Gasteiger partial charge on any atom is -0.504 e. The van der Waals surface area contributed by atoms with E-state index in [1.165, 1.54) is 12.1 Å². The number of nitrogens with one attached hydrogen (secondary N) is 1. The normalized spacial score (nSPS) is 17.2. The van der Waals surface area contributed by atoms with Crippen molar-refractivity contribution in [3.05, 3.63) is 42.1 Å². The number of fused-ring (bicyclic) bond motifs is 1. The molecule has 1 atom stereocenters. The van der Waals surface area contributed by atoms with Crippen LogP contribution in [0.1, 0.15) is 18.4 Å². The van der Waals surface area contributed by atoms with Gasteiger partial charge in [0.15, 0.2) is 11.5 Å². The first-order chi connectivity index (χ1) is 12.1. The van der Waals surface area contributed by atoms with Gasteiger partial charge in [0, 0.05) is 24.9 Å². The highest BCUT2D eigenvalue weighted by Gasteiger charge is 2.19. The monoisotopic (exact) mass is 339 g/mol. The van der Waals surface area contributed by atoms with Crippen LogP contribution in [0.5, 0.6) is 11.5 Å². The maximum atomic E-state index is 9.85. The molecule has 130 valence electrons. The van der Waals surface area contributed by atoms with Gasteiger partial charge < -0.3 is 20.3 Å². The van der Waals surface area contributed by atoms with E-state index in [4.69, 9.17) is 9.72 Å². The molecule has 0 unspecified atom stereocenters. The van der Waals surface area contributed by atoms with Crippen LogP contribution in [0.2, 0.25) is 0 Å². The maximum absolute atomic E-state index is 9.85. The molecule has 1 aromatic carbocycles. The topological polar surface area (TPSA) is 79.0 Å². The molecular formula is C19H21N3O3. The zero-order valence-corrected chi connectivity index (χ0v) is 14.1. The molecule has 1 saturated heterocycles. The lowest BCUT2D eigenvalue weighted by Gasteiger charge is -2.13. The van der Waals surface area contributed by atoms with E-state index < -0.39 is 0 Å². The summed E-state index contributed by atoms with van der Waals surface area (Å²) in [6.07, 6.45) is 4.34. The van der Waals surface area contributed by atoms with E-state index in [9.17, 15) is 10.2 Å². The number of benzene rings is 1. The first kappa shape index (κ1) is 15.8. The number of hydrogen-bond donors (Lipinski definition) is 3. The Labute approximate surface area is 145 Å². The maximum Gasteiger partial charge on any atom is 0.158 e. The van der Waals surface area contributed by atoms with Crippen molar-refractivity contribution < 1.29 is 14.9 Å². The fraction of sp³-hybridized carbons (Fsp3) is 0.316. The number of phenolic OH excluding ortho intramolecular Hbond substituents is 2. The summed E-state index contributed by atoms with van der Waals surface area (Å²) in [7, 11) is 0. The van der Waals surface area contributed by atoms with Gasteiger partial charge in [-0.2, -0.15) is 0 Å². The smallest absolute Gasteiger partial charge is 0.158 e. The molecule has 3 N–H and O–H groups in total. The van der Waals surface area contributed by atoms with Gasteiger partial charge in [-0.3, -0.25) is 4.40 Å². The van der Waals surface area contributed by atoms with Crippen molar-refractivity contribution in [2.24, 2.45) is 0 Å². The third kappa shape index (κ3) is 3.00. The molecule has 1 aliphatic heterocycles. The number of aromatic hydroxyl groups is 2. The Hall–Kier alpha value is -2.73. The predicted octanol–water partition coefficient (Wildman–Crippen LogP) is 3.31. The van der Waals surface area contributed by atoms with Crippen LogP contribution in [0.4, 0.5) is 5.82 Å². The molecule has 2 aromatic heterocycles. The number of phenols is 2. The number of pyridine rings is 1. The Balaban J connectivity index is 1.77. The summed E-state index contributed by atoms with van der Waals surface area (Å²) < 4.78 is 7.70. The summed E-state index contributed by atoms with van der Waals surface area (Å²) in [5.74, 6) is 0.559. The van der Waals surface area contributed by atoms with Gasteiger partial charge in [-0.15, -0.1) is 0 Å². The van der Waals surface area contributed by atoms with Gasteiger partial charge in [0.1, 0.15) is 17.2 Å². The second kappa shape index (κ2) is 6.29. The van der Waals surface area contributed by atoms with Gasteiger partial charge in [-0.05, 0) is 55.7 Å². The van der Waals surface area contributed by atoms with E-state index in [2.05, 4.69) is 5.32 Å². The molecule has 0 aliphatic carbocycles. The van der Waals surface area contributed by atoms with Crippen LogP contribution in [0, 0.1) is 6.92 Å². The highest BCUT2D eigenvalue weighted by atomic mass is 16.5. The first-order valence-electron chi connectivity index (χ1n) is 8.48. The molecule has 0 saturated carbocycles. The van der Waals surface area contributed by atoms with E-state index >= 15 is 0 Å². The minimum absolute atomic E-state index is 0.141. The highest BCUT2D eigenvalue weighted by Crippen LogP contribution is 2.34. The average Bonchev–Trinajstić information content (AvgIpc) is 3.22. The molecule has 0 radical (unpaired) electrons. The number of hydrogen-bond acceptors (Lipinski definition) is 5. The van der Waals surface area contributed by atoms with Crippen LogP contribution < -0.4 is 5.32 Å². The lowest BCUT2D eigenvalue weighted by atomic mass is 10.1. The summed E-state index contributed by atoms with van der Waals surface area (Å²) in [4.78, 5) is 4.73. The number of aromatic nitrogens is 2. The largest absolute Gasteiger partial charge is 0.504 e. The van der Waals surface area contributed by atoms with E-state index in [0.717, 1.165) is 47.7 Å². The Morgan fingerprint density at radius 1 is 1.24 bits per heavy atom. The molecule has 1 aliphatic rings. The molecular weight excluding hydrogens is 318 g/mol. The van der Waals surface area contributed by atoms with Crippen LogP contribution in [0.25, 0.3) is 16.9 Å². The van der Waals surface area contributed by atoms with Crippen LogP contribution in [0.15, 0.2) is 36.5 Å². The lowest BCUT2D eigenvalue weighted by molar-refractivity contribution is 0.120. The second-order valence-electron chi connectivity index (χ2n) is 6.46. The number of ether oxygens (including phenoxy) is 1. The molecule has 25 heavy (non-hydrogen) atoms. The van der Waals surface area contributed by atoms with Gasteiger partial charge >= 0.3 is 0 Å². The van der Waals surface area contributed by atoms with Crippen molar-refractivity contribution >= 4 is 11.5 Å². The highest BCUT2D eigenvalue weighted by molar-refractivity contribution is 5.78. The van der Waals surface area contributed by atoms with E-state index in [1.54, 1.807) is 6.07 Å². The summed E-state index contributed by atoms with van der Waals surface area (Å²) in [6.45, 7) is 3.55. The predicted molar refractivity (Wildman–Crippen MR) is 96.2 cm³/mol. The van der Waals surface area contributed by atoms with Gasteiger partial charge in [0.05, 0.1) is 6.10 Å². The van der Waals surface area contributed by atoms with Crippen LogP contribution in [-0.2, 0) is 4.74 Å². The Morgan fingerprint density at radius 2 is 2.12 bits per heavy atom. The van der Waals surface area contributed by atoms with E-state index in [1.807, 2.05) is 29.7 Å². The SMILES string of the molecule is Cc1ccn2c(NC[C@@H]3CCCO3)c(-c3ccc(O)c(O)c3)nc2c1. The average molecular weight is 339 g/mol. The van der Waals surface area contributed by atoms with Crippen LogP contribution in [-0.4, -0.2) is 38.9 Å². The number of rotatable bonds is 4. The van der Waals surface area contributed by atoms with Gasteiger partial charge in [0.2, 0.25) is 0 Å². The molecule has 1 fully saturated rings. The van der Waals surface area contributed by atoms with Crippen molar-refractivity contribution in [1.82, 2.24) is 9.38 Å². The summed E-state index contributed by atoms with van der Waals surface area (Å²) in [6, 6.07) is 8.80.